The zero-order valence-corrected chi connectivity index (χ0v) is 26.4. The molecule has 238 valence electrons. The van der Waals surface area contributed by atoms with Crippen molar-refractivity contribution in [2.75, 3.05) is 7.11 Å². The topological polar surface area (TPSA) is 114 Å². The number of carbonyl (C=O) groups is 3. The summed E-state index contributed by atoms with van der Waals surface area (Å²) in [6.45, 7) is 5.34. The quantitative estimate of drug-likeness (QED) is 0.215. The molecule has 0 spiro atoms. The van der Waals surface area contributed by atoms with Crippen LogP contribution in [-0.2, 0) is 33.7 Å². The Morgan fingerprint density at radius 2 is 1.48 bits per heavy atom. The van der Waals surface area contributed by atoms with Crippen molar-refractivity contribution < 1.29 is 33.7 Å². The first kappa shape index (κ1) is 32.1. The van der Waals surface area contributed by atoms with Gasteiger partial charge in [0.2, 0.25) is 5.91 Å². The first-order valence-electron chi connectivity index (χ1n) is 15.1. The van der Waals surface area contributed by atoms with Gasteiger partial charge in [-0.25, -0.2) is 9.59 Å². The molecule has 0 saturated heterocycles. The Balaban J connectivity index is 1.34. The highest BCUT2D eigenvalue weighted by atomic mass is 16.6. The number of ether oxygens (including phenoxy) is 3. The van der Waals surface area contributed by atoms with E-state index in [-0.39, 0.29) is 19.4 Å². The van der Waals surface area contributed by atoms with Gasteiger partial charge in [0.25, 0.3) is 0 Å². The second-order valence-corrected chi connectivity index (χ2v) is 12.2. The van der Waals surface area contributed by atoms with Crippen molar-refractivity contribution >= 4 is 18.0 Å². The summed E-state index contributed by atoms with van der Waals surface area (Å²) in [4.78, 5) is 40.8. The molecule has 2 N–H and O–H groups in total. The van der Waals surface area contributed by atoms with Crippen LogP contribution in [-0.4, -0.2) is 52.8 Å². The molecule has 1 aliphatic rings. The van der Waals surface area contributed by atoms with Crippen molar-refractivity contribution in [1.82, 2.24) is 10.2 Å². The third kappa shape index (κ3) is 8.04. The number of benzene rings is 4. The molecule has 9 heteroatoms. The Kier molecular flexibility index (Phi) is 9.61. The van der Waals surface area contributed by atoms with Gasteiger partial charge in [-0.3, -0.25) is 9.69 Å². The molecule has 4 aromatic rings. The zero-order valence-electron chi connectivity index (χ0n) is 26.4. The minimum Gasteiger partial charge on any atom is -0.497 e. The normalized spacial score (nSPS) is 14.9. The van der Waals surface area contributed by atoms with Crippen LogP contribution in [0.15, 0.2) is 97.1 Å². The van der Waals surface area contributed by atoms with Crippen molar-refractivity contribution in [3.8, 4) is 28.4 Å². The van der Waals surface area contributed by atoms with Gasteiger partial charge in [-0.1, -0.05) is 60.7 Å². The van der Waals surface area contributed by atoms with Crippen molar-refractivity contribution in [2.45, 2.75) is 57.8 Å². The number of nitrogens with one attached hydrogen (secondary N) is 1. The predicted octanol–water partition coefficient (Wildman–Crippen LogP) is 6.63. The van der Waals surface area contributed by atoms with Crippen molar-refractivity contribution in [3.05, 3.63) is 114 Å². The molecular weight excluding hydrogens is 584 g/mol. The van der Waals surface area contributed by atoms with E-state index in [2.05, 4.69) is 5.32 Å². The molecule has 0 aromatic heterocycles. The smallest absolute Gasteiger partial charge is 0.411 e. The van der Waals surface area contributed by atoms with Crippen LogP contribution in [0.25, 0.3) is 11.1 Å². The van der Waals surface area contributed by atoms with Gasteiger partial charge in [0, 0.05) is 12.8 Å². The number of rotatable bonds is 9. The van der Waals surface area contributed by atoms with Gasteiger partial charge in [-0.2, -0.15) is 0 Å². The Labute approximate surface area is 268 Å². The number of hydrogen-bond acceptors (Lipinski definition) is 6. The number of aliphatic carboxylic acids is 1. The van der Waals surface area contributed by atoms with E-state index in [1.165, 1.54) is 4.90 Å². The molecular formula is C37H38N2O7. The summed E-state index contributed by atoms with van der Waals surface area (Å²) in [5.41, 5.74) is 3.67. The number of carboxylic acids is 1. The fourth-order valence-corrected chi connectivity index (χ4v) is 5.32. The average molecular weight is 623 g/mol. The molecule has 1 heterocycles. The van der Waals surface area contributed by atoms with Crippen molar-refractivity contribution in [2.24, 2.45) is 0 Å². The van der Waals surface area contributed by atoms with E-state index in [9.17, 15) is 19.5 Å². The lowest BCUT2D eigenvalue weighted by Gasteiger charge is -2.37. The van der Waals surface area contributed by atoms with Crippen LogP contribution in [0.2, 0.25) is 0 Å². The summed E-state index contributed by atoms with van der Waals surface area (Å²) >= 11 is 0. The van der Waals surface area contributed by atoms with Gasteiger partial charge >= 0.3 is 12.1 Å². The molecule has 0 saturated carbocycles. The number of fused-ring (bicyclic) bond motifs is 1. The van der Waals surface area contributed by atoms with Crippen LogP contribution < -0.4 is 14.8 Å². The highest BCUT2D eigenvalue weighted by Gasteiger charge is 2.38. The van der Waals surface area contributed by atoms with E-state index >= 15 is 0 Å². The van der Waals surface area contributed by atoms with Gasteiger partial charge in [-0.05, 0) is 85.0 Å². The van der Waals surface area contributed by atoms with E-state index in [0.717, 1.165) is 27.8 Å². The number of nitrogens with zero attached hydrogens (tertiary/aromatic N) is 1. The summed E-state index contributed by atoms with van der Waals surface area (Å²) in [6.07, 6.45) is -0.401. The van der Waals surface area contributed by atoms with Gasteiger partial charge in [0.1, 0.15) is 34.9 Å². The molecule has 9 nitrogen and oxygen atoms in total. The monoisotopic (exact) mass is 622 g/mol. The van der Waals surface area contributed by atoms with E-state index in [4.69, 9.17) is 14.2 Å². The van der Waals surface area contributed by atoms with Crippen molar-refractivity contribution in [3.63, 3.8) is 0 Å². The molecule has 5 rings (SSSR count). The first-order valence-corrected chi connectivity index (χ1v) is 15.1. The fourth-order valence-electron chi connectivity index (χ4n) is 5.32. The lowest BCUT2D eigenvalue weighted by Crippen LogP contribution is -2.56. The van der Waals surface area contributed by atoms with Crippen LogP contribution >= 0.6 is 0 Å². The van der Waals surface area contributed by atoms with Crippen LogP contribution in [0, 0.1) is 0 Å². The van der Waals surface area contributed by atoms with Crippen molar-refractivity contribution in [1.29, 1.82) is 0 Å². The summed E-state index contributed by atoms with van der Waals surface area (Å²) in [5, 5.41) is 12.7. The standard InChI is InChI=1S/C37H38N2O7/c1-37(2,3)46-36(43)39-23-28-21-31(45-30-18-16-29(44-4)17-19-30)15-14-27(28)22-33(39)34(40)38-32(35(41)42)20-24-10-12-26(13-11-24)25-8-6-5-7-9-25/h5-19,21,32-33H,20,22-23H2,1-4H3,(H,38,40)(H,41,42)/t32-,33-/m0/s1. The molecule has 0 fully saturated rings. The van der Waals surface area contributed by atoms with E-state index in [1.54, 1.807) is 58.2 Å². The third-order valence-corrected chi connectivity index (χ3v) is 7.65. The second kappa shape index (κ2) is 13.8. The van der Waals surface area contributed by atoms with Gasteiger partial charge in [0.05, 0.1) is 13.7 Å². The Hall–Kier alpha value is -5.31. The molecule has 46 heavy (non-hydrogen) atoms. The predicted molar refractivity (Wildman–Crippen MR) is 174 cm³/mol. The molecule has 0 bridgehead atoms. The highest BCUT2D eigenvalue weighted by molar-refractivity contribution is 5.90. The number of methoxy groups -OCH3 is 1. The lowest BCUT2D eigenvalue weighted by molar-refractivity contribution is -0.142. The van der Waals surface area contributed by atoms with E-state index in [1.807, 2.05) is 66.7 Å². The second-order valence-electron chi connectivity index (χ2n) is 12.2. The zero-order chi connectivity index (χ0) is 32.8. The van der Waals surface area contributed by atoms with Gasteiger partial charge in [-0.15, -0.1) is 0 Å². The molecule has 4 aromatic carbocycles. The van der Waals surface area contributed by atoms with Crippen LogP contribution in [0.4, 0.5) is 4.79 Å². The molecule has 2 amide bonds. The van der Waals surface area contributed by atoms with Crippen LogP contribution in [0.1, 0.15) is 37.5 Å². The highest BCUT2D eigenvalue weighted by Crippen LogP contribution is 2.31. The number of carboxylic acid groups (broad SMARTS) is 1. The third-order valence-electron chi connectivity index (χ3n) is 7.65. The van der Waals surface area contributed by atoms with Gasteiger partial charge in [0.15, 0.2) is 0 Å². The molecule has 0 radical (unpaired) electrons. The molecule has 0 aliphatic carbocycles. The summed E-state index contributed by atoms with van der Waals surface area (Å²) in [6, 6.07) is 28.0. The summed E-state index contributed by atoms with van der Waals surface area (Å²) in [7, 11) is 1.59. The Morgan fingerprint density at radius 3 is 2.11 bits per heavy atom. The Morgan fingerprint density at radius 1 is 0.848 bits per heavy atom. The lowest BCUT2D eigenvalue weighted by atomic mass is 9.93. The molecule has 0 unspecified atom stereocenters. The maximum absolute atomic E-state index is 13.7. The average Bonchev–Trinajstić information content (AvgIpc) is 3.04. The number of carbonyl (C=O) groups excluding carboxylic acids is 2. The largest absolute Gasteiger partial charge is 0.497 e. The first-order chi connectivity index (χ1) is 22.0. The summed E-state index contributed by atoms with van der Waals surface area (Å²) < 4.78 is 16.9. The molecule has 2 atom stereocenters. The van der Waals surface area contributed by atoms with Crippen LogP contribution in [0.5, 0.6) is 17.2 Å². The van der Waals surface area contributed by atoms with Gasteiger partial charge < -0.3 is 24.6 Å². The SMILES string of the molecule is COc1ccc(Oc2ccc3c(c2)CN(C(=O)OC(C)(C)C)[C@H](C(=O)N[C@@H](Cc2ccc(-c4ccccc4)cc2)C(=O)O)C3)cc1. The number of hydrogen-bond donors (Lipinski definition) is 2. The Bertz CT molecular complexity index is 1680. The minimum atomic E-state index is -1.20. The fraction of sp³-hybridized carbons (Fsp3) is 0.270. The van der Waals surface area contributed by atoms with Crippen LogP contribution in [0.3, 0.4) is 0 Å². The number of amides is 2. The maximum Gasteiger partial charge on any atom is 0.411 e. The minimum absolute atomic E-state index is 0.0813. The summed E-state index contributed by atoms with van der Waals surface area (Å²) in [5.74, 6) is 0.165. The molecule has 1 aliphatic heterocycles. The maximum atomic E-state index is 13.7. The van der Waals surface area contributed by atoms with E-state index in [0.29, 0.717) is 17.2 Å². The van der Waals surface area contributed by atoms with E-state index < -0.39 is 35.7 Å².